The van der Waals surface area contributed by atoms with Crippen molar-refractivity contribution in [3.05, 3.63) is 41.7 Å². The number of anilines is 1. The maximum atomic E-state index is 8.51. The summed E-state index contributed by atoms with van der Waals surface area (Å²) >= 11 is 0. The van der Waals surface area contributed by atoms with Gasteiger partial charge in [-0.3, -0.25) is 0 Å². The van der Waals surface area contributed by atoms with Gasteiger partial charge < -0.3 is 5.32 Å². The van der Waals surface area contributed by atoms with Crippen molar-refractivity contribution in [3.63, 3.8) is 0 Å². The molecule has 0 atom stereocenters. The summed E-state index contributed by atoms with van der Waals surface area (Å²) in [7, 11) is 0. The molecule has 1 N–H and O–H groups in total. The first-order valence-corrected chi connectivity index (χ1v) is 6.65. The Morgan fingerprint density at radius 2 is 1.95 bits per heavy atom. The first-order valence-electron chi connectivity index (χ1n) is 6.65. The second-order valence-corrected chi connectivity index (χ2v) is 5.04. The Bertz CT molecular complexity index is 624. The zero-order valence-corrected chi connectivity index (χ0v) is 12.0. The maximum Gasteiger partial charge on any atom is 0.223 e. The van der Waals surface area contributed by atoms with Crippen LogP contribution in [0, 0.1) is 18.3 Å². The van der Waals surface area contributed by atoms with Crippen LogP contribution < -0.4 is 5.32 Å². The lowest BCUT2D eigenvalue weighted by Gasteiger charge is -2.11. The van der Waals surface area contributed by atoms with E-state index in [1.54, 1.807) is 12.4 Å². The molecule has 1 aromatic heterocycles. The lowest BCUT2D eigenvalue weighted by Crippen LogP contribution is -2.03. The van der Waals surface area contributed by atoms with Crippen LogP contribution in [0.3, 0.4) is 0 Å². The van der Waals surface area contributed by atoms with Crippen LogP contribution in [0.15, 0.2) is 30.6 Å². The standard InChI is InChI=1S/C16H18N4/c1-11(2)13-5-4-12(3)15(8-13)14-9-19-16(20-10-14)18-7-6-17/h4-5,8-11H,7H2,1-3H3,(H,18,19,20). The number of nitrogens with zero attached hydrogens (tertiary/aromatic N) is 3. The predicted molar refractivity (Wildman–Crippen MR) is 80.4 cm³/mol. The zero-order valence-electron chi connectivity index (χ0n) is 12.0. The van der Waals surface area contributed by atoms with Crippen molar-refractivity contribution in [2.75, 3.05) is 11.9 Å². The third kappa shape index (κ3) is 3.12. The Balaban J connectivity index is 2.31. The second kappa shape index (κ2) is 6.16. The molecule has 0 bridgehead atoms. The van der Waals surface area contributed by atoms with Crippen LogP contribution >= 0.6 is 0 Å². The van der Waals surface area contributed by atoms with E-state index >= 15 is 0 Å². The van der Waals surface area contributed by atoms with Crippen LogP contribution in [0.2, 0.25) is 0 Å². The number of aromatic nitrogens is 2. The minimum absolute atomic E-state index is 0.210. The third-order valence-corrected chi connectivity index (χ3v) is 3.22. The fourth-order valence-corrected chi connectivity index (χ4v) is 1.99. The molecule has 0 aliphatic rings. The summed E-state index contributed by atoms with van der Waals surface area (Å²) in [5.74, 6) is 0.972. The fourth-order valence-electron chi connectivity index (χ4n) is 1.99. The number of benzene rings is 1. The Kier molecular flexibility index (Phi) is 4.31. The van der Waals surface area contributed by atoms with Crippen molar-refractivity contribution < 1.29 is 0 Å². The molecular weight excluding hydrogens is 248 g/mol. The van der Waals surface area contributed by atoms with Gasteiger partial charge in [0.15, 0.2) is 0 Å². The van der Waals surface area contributed by atoms with Gasteiger partial charge in [-0.05, 0) is 29.5 Å². The minimum atomic E-state index is 0.210. The largest absolute Gasteiger partial charge is 0.341 e. The molecule has 0 fully saturated rings. The van der Waals surface area contributed by atoms with Crippen molar-refractivity contribution in [3.8, 4) is 17.2 Å². The molecule has 20 heavy (non-hydrogen) atoms. The van der Waals surface area contributed by atoms with Crippen LogP contribution in [0.4, 0.5) is 5.95 Å². The molecule has 0 amide bonds. The van der Waals surface area contributed by atoms with Crippen molar-refractivity contribution >= 4 is 5.95 Å². The fraction of sp³-hybridized carbons (Fsp3) is 0.312. The molecule has 0 radical (unpaired) electrons. The summed E-state index contributed by atoms with van der Waals surface area (Å²) < 4.78 is 0. The van der Waals surface area contributed by atoms with Gasteiger partial charge in [0.25, 0.3) is 0 Å². The average Bonchev–Trinajstić information content (AvgIpc) is 2.46. The van der Waals surface area contributed by atoms with Crippen LogP contribution in [0.5, 0.6) is 0 Å². The minimum Gasteiger partial charge on any atom is -0.341 e. The topological polar surface area (TPSA) is 61.6 Å². The Morgan fingerprint density at radius 1 is 1.25 bits per heavy atom. The first-order chi connectivity index (χ1) is 9.61. The normalized spacial score (nSPS) is 10.3. The van der Waals surface area contributed by atoms with Crippen molar-refractivity contribution in [2.24, 2.45) is 0 Å². The molecule has 102 valence electrons. The van der Waals surface area contributed by atoms with Gasteiger partial charge in [-0.25, -0.2) is 9.97 Å². The molecular formula is C16H18N4. The molecule has 2 aromatic rings. The predicted octanol–water partition coefficient (Wildman–Crippen LogP) is 3.51. The molecule has 1 heterocycles. The number of nitriles is 1. The third-order valence-electron chi connectivity index (χ3n) is 3.22. The van der Waals surface area contributed by atoms with E-state index in [0.717, 1.165) is 11.1 Å². The smallest absolute Gasteiger partial charge is 0.223 e. The van der Waals surface area contributed by atoms with E-state index < -0.39 is 0 Å². The molecule has 0 spiro atoms. The molecule has 0 unspecified atom stereocenters. The lowest BCUT2D eigenvalue weighted by atomic mass is 9.95. The Hall–Kier alpha value is -2.41. The van der Waals surface area contributed by atoms with Crippen molar-refractivity contribution in [1.82, 2.24) is 9.97 Å². The summed E-state index contributed by atoms with van der Waals surface area (Å²) in [4.78, 5) is 8.47. The SMILES string of the molecule is Cc1ccc(C(C)C)cc1-c1cnc(NCC#N)nc1. The lowest BCUT2D eigenvalue weighted by molar-refractivity contribution is 0.866. The van der Waals surface area contributed by atoms with Crippen LogP contribution in [0.25, 0.3) is 11.1 Å². The number of hydrogen-bond donors (Lipinski definition) is 1. The van der Waals surface area contributed by atoms with Crippen molar-refractivity contribution in [1.29, 1.82) is 5.26 Å². The molecule has 4 heteroatoms. The van der Waals surface area contributed by atoms with Crippen LogP contribution in [-0.4, -0.2) is 16.5 Å². The van der Waals surface area contributed by atoms with Gasteiger partial charge in [-0.2, -0.15) is 5.26 Å². The number of rotatable bonds is 4. The van der Waals surface area contributed by atoms with Gasteiger partial charge in [0.05, 0.1) is 6.07 Å². The van der Waals surface area contributed by atoms with Gasteiger partial charge >= 0.3 is 0 Å². The molecule has 0 aliphatic heterocycles. The van der Waals surface area contributed by atoms with E-state index in [9.17, 15) is 0 Å². The van der Waals surface area contributed by atoms with E-state index in [-0.39, 0.29) is 6.54 Å². The highest BCUT2D eigenvalue weighted by molar-refractivity contribution is 5.67. The highest BCUT2D eigenvalue weighted by atomic mass is 15.1. The summed E-state index contributed by atoms with van der Waals surface area (Å²) in [6.07, 6.45) is 3.58. The summed E-state index contributed by atoms with van der Waals surface area (Å²) in [5.41, 5.74) is 4.66. The van der Waals surface area contributed by atoms with Crippen molar-refractivity contribution in [2.45, 2.75) is 26.7 Å². The monoisotopic (exact) mass is 266 g/mol. The Morgan fingerprint density at radius 3 is 2.55 bits per heavy atom. The molecule has 1 aromatic carbocycles. The summed E-state index contributed by atoms with van der Waals surface area (Å²) in [5, 5.41) is 11.3. The number of hydrogen-bond acceptors (Lipinski definition) is 4. The number of nitrogens with one attached hydrogen (secondary N) is 1. The van der Waals surface area contributed by atoms with Gasteiger partial charge in [-0.1, -0.05) is 32.0 Å². The molecule has 4 nitrogen and oxygen atoms in total. The van der Waals surface area contributed by atoms with Crippen LogP contribution in [0.1, 0.15) is 30.9 Å². The van der Waals surface area contributed by atoms with Gasteiger partial charge in [0, 0.05) is 18.0 Å². The summed E-state index contributed by atoms with van der Waals surface area (Å²) in [6, 6.07) is 8.49. The molecule has 0 aliphatic carbocycles. The zero-order chi connectivity index (χ0) is 14.5. The highest BCUT2D eigenvalue weighted by Gasteiger charge is 2.07. The molecule has 2 rings (SSSR count). The van der Waals surface area contributed by atoms with Gasteiger partial charge in [-0.15, -0.1) is 0 Å². The number of aryl methyl sites for hydroxylation is 1. The average molecular weight is 266 g/mol. The van der Waals surface area contributed by atoms with E-state index in [0.29, 0.717) is 11.9 Å². The van der Waals surface area contributed by atoms with E-state index in [4.69, 9.17) is 5.26 Å². The second-order valence-electron chi connectivity index (χ2n) is 5.04. The van der Waals surface area contributed by atoms with Gasteiger partial charge in [0.2, 0.25) is 5.95 Å². The summed E-state index contributed by atoms with van der Waals surface area (Å²) in [6.45, 7) is 6.65. The quantitative estimate of drug-likeness (QED) is 0.860. The van der Waals surface area contributed by atoms with E-state index in [1.807, 2.05) is 6.07 Å². The highest BCUT2D eigenvalue weighted by Crippen LogP contribution is 2.26. The van der Waals surface area contributed by atoms with Crippen LogP contribution in [-0.2, 0) is 0 Å². The van der Waals surface area contributed by atoms with E-state index in [1.165, 1.54) is 11.1 Å². The van der Waals surface area contributed by atoms with Gasteiger partial charge in [0.1, 0.15) is 6.54 Å². The Labute approximate surface area is 119 Å². The molecule has 0 saturated heterocycles. The molecule has 0 saturated carbocycles. The van der Waals surface area contributed by atoms with E-state index in [2.05, 4.69) is 54.3 Å². The maximum absolute atomic E-state index is 8.51. The first kappa shape index (κ1) is 14.0.